The van der Waals surface area contributed by atoms with Crippen LogP contribution in [0.15, 0.2) is 77.9 Å². The first-order valence-electron chi connectivity index (χ1n) is 8.50. The number of amides is 1. The highest BCUT2D eigenvalue weighted by Gasteiger charge is 2.12. The molecule has 0 heterocycles. The normalized spacial score (nSPS) is 10.6. The van der Waals surface area contributed by atoms with Crippen molar-refractivity contribution in [1.29, 1.82) is 0 Å². The Kier molecular flexibility index (Phi) is 6.19. The van der Waals surface area contributed by atoms with E-state index in [0.29, 0.717) is 21.9 Å². The Morgan fingerprint density at radius 1 is 0.929 bits per heavy atom. The van der Waals surface area contributed by atoms with Gasteiger partial charge in [0.1, 0.15) is 5.75 Å². The number of carbonyl (C=O) groups is 2. The van der Waals surface area contributed by atoms with E-state index in [1.807, 2.05) is 19.1 Å². The molecule has 0 saturated carbocycles. The average molecular weight is 393 g/mol. The molecule has 6 heteroatoms. The van der Waals surface area contributed by atoms with Crippen LogP contribution < -0.4 is 10.2 Å². The SMILES string of the molecule is Cc1ccccc1C(=O)N/N=C\c1ccc(OC(=O)c2ccccc2Cl)cc1. The molecular formula is C22H17ClN2O3. The first-order chi connectivity index (χ1) is 13.5. The van der Waals surface area contributed by atoms with E-state index in [1.165, 1.54) is 6.21 Å². The second-order valence-corrected chi connectivity index (χ2v) is 6.36. The van der Waals surface area contributed by atoms with Gasteiger partial charge in [-0.25, -0.2) is 10.2 Å². The lowest BCUT2D eigenvalue weighted by Gasteiger charge is -2.06. The van der Waals surface area contributed by atoms with Crippen molar-refractivity contribution in [2.45, 2.75) is 6.92 Å². The largest absolute Gasteiger partial charge is 0.423 e. The fourth-order valence-electron chi connectivity index (χ4n) is 2.46. The summed E-state index contributed by atoms with van der Waals surface area (Å²) in [6.45, 7) is 1.86. The zero-order valence-electron chi connectivity index (χ0n) is 15.1. The maximum Gasteiger partial charge on any atom is 0.345 e. The number of halogens is 1. The summed E-state index contributed by atoms with van der Waals surface area (Å²) in [4.78, 5) is 24.2. The number of aryl methyl sites for hydroxylation is 1. The number of ether oxygens (including phenoxy) is 1. The molecule has 0 fully saturated rings. The predicted molar refractivity (Wildman–Crippen MR) is 109 cm³/mol. The van der Waals surface area contributed by atoms with E-state index in [0.717, 1.165) is 11.1 Å². The van der Waals surface area contributed by atoms with Crippen LogP contribution in [0.25, 0.3) is 0 Å². The number of nitrogens with zero attached hydrogens (tertiary/aromatic N) is 1. The molecule has 3 aromatic rings. The highest BCUT2D eigenvalue weighted by atomic mass is 35.5. The van der Waals surface area contributed by atoms with Crippen LogP contribution in [-0.4, -0.2) is 18.1 Å². The zero-order valence-corrected chi connectivity index (χ0v) is 15.8. The number of rotatable bonds is 5. The Morgan fingerprint density at radius 3 is 2.25 bits per heavy atom. The maximum atomic E-state index is 12.1. The third-order valence-corrected chi connectivity index (χ3v) is 4.28. The monoisotopic (exact) mass is 392 g/mol. The molecular weight excluding hydrogens is 376 g/mol. The summed E-state index contributed by atoms with van der Waals surface area (Å²) in [5.41, 5.74) is 4.98. The van der Waals surface area contributed by atoms with E-state index in [4.69, 9.17) is 16.3 Å². The molecule has 0 atom stereocenters. The van der Waals surface area contributed by atoms with Gasteiger partial charge >= 0.3 is 5.97 Å². The van der Waals surface area contributed by atoms with Gasteiger partial charge < -0.3 is 4.74 Å². The fraction of sp³-hybridized carbons (Fsp3) is 0.0455. The summed E-state index contributed by atoms with van der Waals surface area (Å²) in [5, 5.41) is 4.29. The highest BCUT2D eigenvalue weighted by Crippen LogP contribution is 2.19. The molecule has 28 heavy (non-hydrogen) atoms. The van der Waals surface area contributed by atoms with Gasteiger partial charge in [-0.15, -0.1) is 0 Å². The number of hydrogen-bond acceptors (Lipinski definition) is 4. The minimum atomic E-state index is -0.530. The van der Waals surface area contributed by atoms with E-state index in [2.05, 4.69) is 10.5 Å². The van der Waals surface area contributed by atoms with Crippen molar-refractivity contribution in [3.8, 4) is 5.75 Å². The topological polar surface area (TPSA) is 67.8 Å². The van der Waals surface area contributed by atoms with Gasteiger partial charge in [-0.2, -0.15) is 5.10 Å². The molecule has 1 amide bonds. The van der Waals surface area contributed by atoms with Crippen LogP contribution in [0.3, 0.4) is 0 Å². The number of hydrazone groups is 1. The Hall–Kier alpha value is -3.44. The lowest BCUT2D eigenvalue weighted by molar-refractivity contribution is 0.0734. The number of esters is 1. The van der Waals surface area contributed by atoms with Gasteiger partial charge in [0.05, 0.1) is 16.8 Å². The third-order valence-electron chi connectivity index (χ3n) is 3.95. The number of carbonyl (C=O) groups excluding carboxylic acids is 2. The molecule has 0 bridgehead atoms. The summed E-state index contributed by atoms with van der Waals surface area (Å²) >= 11 is 5.99. The summed E-state index contributed by atoms with van der Waals surface area (Å²) in [6, 6.07) is 20.7. The summed E-state index contributed by atoms with van der Waals surface area (Å²) in [7, 11) is 0. The van der Waals surface area contributed by atoms with Crippen molar-refractivity contribution in [2.75, 3.05) is 0 Å². The standard InChI is InChI=1S/C22H17ClN2O3/c1-15-6-2-3-7-18(15)21(26)25-24-14-16-10-12-17(13-11-16)28-22(27)19-8-4-5-9-20(19)23/h2-14H,1H3,(H,25,26)/b24-14-. The van der Waals surface area contributed by atoms with E-state index in [9.17, 15) is 9.59 Å². The maximum absolute atomic E-state index is 12.1. The van der Waals surface area contributed by atoms with Crippen LogP contribution in [0.2, 0.25) is 5.02 Å². The molecule has 0 aliphatic heterocycles. The minimum Gasteiger partial charge on any atom is -0.423 e. The quantitative estimate of drug-likeness (QED) is 0.298. The second-order valence-electron chi connectivity index (χ2n) is 5.95. The minimum absolute atomic E-state index is 0.278. The summed E-state index contributed by atoms with van der Waals surface area (Å²) in [6.07, 6.45) is 1.51. The van der Waals surface area contributed by atoms with E-state index in [1.54, 1.807) is 60.7 Å². The number of hydrogen-bond donors (Lipinski definition) is 1. The van der Waals surface area contributed by atoms with Crippen LogP contribution in [-0.2, 0) is 0 Å². The second kappa shape index (κ2) is 8.97. The summed E-state index contributed by atoms with van der Waals surface area (Å²) in [5.74, 6) is -0.428. The molecule has 3 rings (SSSR count). The molecule has 5 nitrogen and oxygen atoms in total. The first kappa shape index (κ1) is 19.3. The Labute approximate surface area is 167 Å². The predicted octanol–water partition coefficient (Wildman–Crippen LogP) is 4.63. The highest BCUT2D eigenvalue weighted by molar-refractivity contribution is 6.33. The summed E-state index contributed by atoms with van der Waals surface area (Å²) < 4.78 is 5.31. The van der Waals surface area contributed by atoms with Gasteiger partial charge in [-0.05, 0) is 60.5 Å². The average Bonchev–Trinajstić information content (AvgIpc) is 2.70. The molecule has 0 aliphatic rings. The van der Waals surface area contributed by atoms with Crippen molar-refractivity contribution in [1.82, 2.24) is 5.43 Å². The van der Waals surface area contributed by atoms with Gasteiger partial charge in [0.2, 0.25) is 0 Å². The van der Waals surface area contributed by atoms with E-state index < -0.39 is 5.97 Å². The van der Waals surface area contributed by atoms with Gasteiger partial charge in [0.15, 0.2) is 0 Å². The molecule has 0 unspecified atom stereocenters. The van der Waals surface area contributed by atoms with Crippen molar-refractivity contribution >= 4 is 29.7 Å². The molecule has 1 N–H and O–H groups in total. The van der Waals surface area contributed by atoms with Gasteiger partial charge in [0, 0.05) is 5.56 Å². The zero-order chi connectivity index (χ0) is 19.9. The van der Waals surface area contributed by atoms with Crippen LogP contribution >= 0.6 is 11.6 Å². The Morgan fingerprint density at radius 2 is 1.57 bits per heavy atom. The van der Waals surface area contributed by atoms with Crippen LogP contribution in [0, 0.1) is 6.92 Å². The molecule has 140 valence electrons. The third kappa shape index (κ3) is 4.84. The van der Waals surface area contributed by atoms with Crippen LogP contribution in [0.4, 0.5) is 0 Å². The van der Waals surface area contributed by atoms with Crippen molar-refractivity contribution in [3.63, 3.8) is 0 Å². The van der Waals surface area contributed by atoms with Crippen molar-refractivity contribution in [3.05, 3.63) is 100 Å². The fourth-order valence-corrected chi connectivity index (χ4v) is 2.68. The molecule has 0 spiro atoms. The Bertz CT molecular complexity index is 1030. The van der Waals surface area contributed by atoms with Crippen molar-refractivity contribution in [2.24, 2.45) is 5.10 Å². The van der Waals surface area contributed by atoms with Crippen LogP contribution in [0.1, 0.15) is 31.8 Å². The van der Waals surface area contributed by atoms with Gasteiger partial charge in [-0.3, -0.25) is 4.79 Å². The van der Waals surface area contributed by atoms with E-state index in [-0.39, 0.29) is 5.91 Å². The van der Waals surface area contributed by atoms with Gasteiger partial charge in [0.25, 0.3) is 5.91 Å². The van der Waals surface area contributed by atoms with Crippen LogP contribution in [0.5, 0.6) is 5.75 Å². The molecule has 3 aromatic carbocycles. The smallest absolute Gasteiger partial charge is 0.345 e. The number of nitrogens with one attached hydrogen (secondary N) is 1. The van der Waals surface area contributed by atoms with Gasteiger partial charge in [-0.1, -0.05) is 41.9 Å². The van der Waals surface area contributed by atoms with Crippen molar-refractivity contribution < 1.29 is 14.3 Å². The van der Waals surface area contributed by atoms with E-state index >= 15 is 0 Å². The molecule has 0 radical (unpaired) electrons. The Balaban J connectivity index is 1.59. The molecule has 0 aliphatic carbocycles. The number of benzene rings is 3. The molecule has 0 saturated heterocycles. The lowest BCUT2D eigenvalue weighted by Crippen LogP contribution is -2.18. The lowest BCUT2D eigenvalue weighted by atomic mass is 10.1. The molecule has 0 aromatic heterocycles. The first-order valence-corrected chi connectivity index (χ1v) is 8.88.